The van der Waals surface area contributed by atoms with E-state index in [9.17, 15) is 9.59 Å². The maximum absolute atomic E-state index is 11.7. The van der Waals surface area contributed by atoms with E-state index in [0.717, 1.165) is 5.69 Å². The quantitative estimate of drug-likeness (QED) is 0.618. The number of hydrogen-bond donors (Lipinski definition) is 4. The van der Waals surface area contributed by atoms with Crippen molar-refractivity contribution < 1.29 is 14.7 Å². The van der Waals surface area contributed by atoms with Crippen LogP contribution >= 0.6 is 0 Å². The number of urea groups is 1. The van der Waals surface area contributed by atoms with Crippen LogP contribution in [0.5, 0.6) is 0 Å². The van der Waals surface area contributed by atoms with E-state index in [2.05, 4.69) is 31.1 Å². The molecule has 2 amide bonds. The lowest BCUT2D eigenvalue weighted by atomic mass is 10.3. The van der Waals surface area contributed by atoms with Gasteiger partial charge in [-0.15, -0.1) is 5.10 Å². The van der Waals surface area contributed by atoms with E-state index >= 15 is 0 Å². The summed E-state index contributed by atoms with van der Waals surface area (Å²) < 4.78 is 1.35. The van der Waals surface area contributed by atoms with Crippen molar-refractivity contribution in [1.82, 2.24) is 30.5 Å². The molecule has 2 heterocycles. The number of carbonyl (C=O) groups is 2. The first-order valence-corrected chi connectivity index (χ1v) is 6.17. The fraction of sp³-hybridized carbons (Fsp3) is 0.364. The van der Waals surface area contributed by atoms with Gasteiger partial charge in [-0.2, -0.15) is 5.10 Å². The van der Waals surface area contributed by atoms with Crippen LogP contribution in [0.25, 0.3) is 0 Å². The Morgan fingerprint density at radius 2 is 2.19 bits per heavy atom. The molecule has 0 aliphatic heterocycles. The van der Waals surface area contributed by atoms with E-state index in [0.29, 0.717) is 17.9 Å². The van der Waals surface area contributed by atoms with Gasteiger partial charge >= 0.3 is 12.0 Å². The Balaban J connectivity index is 1.80. The number of nitrogens with zero attached hydrogens (tertiary/aromatic N) is 4. The van der Waals surface area contributed by atoms with Crippen molar-refractivity contribution in [1.29, 1.82) is 0 Å². The minimum Gasteiger partial charge on any atom is -0.476 e. The highest BCUT2D eigenvalue weighted by atomic mass is 16.4. The van der Waals surface area contributed by atoms with Gasteiger partial charge in [0.2, 0.25) is 0 Å². The molecule has 0 bridgehead atoms. The van der Waals surface area contributed by atoms with Crippen LogP contribution in [-0.4, -0.2) is 48.8 Å². The van der Waals surface area contributed by atoms with Crippen molar-refractivity contribution in [2.24, 2.45) is 0 Å². The fourth-order valence-electron chi connectivity index (χ4n) is 1.68. The zero-order valence-corrected chi connectivity index (χ0v) is 11.5. The summed E-state index contributed by atoms with van der Waals surface area (Å²) in [6, 6.07) is -0.374. The molecule has 0 aliphatic carbocycles. The monoisotopic (exact) mass is 293 g/mol. The summed E-state index contributed by atoms with van der Waals surface area (Å²) in [4.78, 5) is 22.3. The van der Waals surface area contributed by atoms with Crippen LogP contribution < -0.4 is 10.6 Å². The Hall–Kier alpha value is -2.91. The zero-order valence-electron chi connectivity index (χ0n) is 11.5. The van der Waals surface area contributed by atoms with Crippen LogP contribution in [0.1, 0.15) is 21.9 Å². The molecule has 112 valence electrons. The number of carbonyl (C=O) groups excluding carboxylic acids is 1. The number of rotatable bonds is 5. The molecule has 0 spiro atoms. The number of nitrogens with one attached hydrogen (secondary N) is 3. The van der Waals surface area contributed by atoms with Crippen molar-refractivity contribution >= 4 is 17.7 Å². The SMILES string of the molecule is Cc1n[nH]c(C)c1NC(=O)NCCn1cc(C(=O)O)nn1. The third-order valence-electron chi connectivity index (χ3n) is 2.75. The predicted octanol–water partition coefficient (Wildman–Crippen LogP) is 0.138. The number of anilines is 1. The third-order valence-corrected chi connectivity index (χ3v) is 2.75. The first-order chi connectivity index (χ1) is 9.97. The lowest BCUT2D eigenvalue weighted by Crippen LogP contribution is -2.31. The number of H-pyrrole nitrogens is 1. The Kier molecular flexibility index (Phi) is 4.16. The highest BCUT2D eigenvalue weighted by Crippen LogP contribution is 2.15. The third kappa shape index (κ3) is 3.55. The molecule has 0 aromatic carbocycles. The molecular weight excluding hydrogens is 278 g/mol. The summed E-state index contributed by atoms with van der Waals surface area (Å²) in [6.45, 7) is 4.18. The van der Waals surface area contributed by atoms with E-state index in [1.807, 2.05) is 0 Å². The number of aromatic amines is 1. The Morgan fingerprint density at radius 1 is 1.43 bits per heavy atom. The number of hydrogen-bond acceptors (Lipinski definition) is 5. The summed E-state index contributed by atoms with van der Waals surface area (Å²) in [5, 5.41) is 27.9. The van der Waals surface area contributed by atoms with E-state index in [4.69, 9.17) is 5.11 Å². The van der Waals surface area contributed by atoms with Crippen LogP contribution in [0.2, 0.25) is 0 Å². The highest BCUT2D eigenvalue weighted by molar-refractivity contribution is 5.90. The van der Waals surface area contributed by atoms with Crippen LogP contribution in [0.15, 0.2) is 6.20 Å². The van der Waals surface area contributed by atoms with Crippen LogP contribution in [0, 0.1) is 13.8 Å². The van der Waals surface area contributed by atoms with Gasteiger partial charge in [-0.05, 0) is 13.8 Å². The summed E-state index contributed by atoms with van der Waals surface area (Å²) in [6.07, 6.45) is 1.30. The largest absolute Gasteiger partial charge is 0.476 e. The number of aromatic nitrogens is 5. The predicted molar refractivity (Wildman–Crippen MR) is 72.1 cm³/mol. The first-order valence-electron chi connectivity index (χ1n) is 6.17. The average molecular weight is 293 g/mol. The van der Waals surface area contributed by atoms with E-state index < -0.39 is 5.97 Å². The molecule has 10 nitrogen and oxygen atoms in total. The molecule has 0 saturated heterocycles. The topological polar surface area (TPSA) is 138 Å². The fourth-order valence-corrected chi connectivity index (χ4v) is 1.68. The molecule has 21 heavy (non-hydrogen) atoms. The van der Waals surface area contributed by atoms with E-state index in [1.54, 1.807) is 13.8 Å². The van der Waals surface area contributed by atoms with Crippen LogP contribution in [0.4, 0.5) is 10.5 Å². The second-order valence-corrected chi connectivity index (χ2v) is 4.36. The number of aromatic carboxylic acids is 1. The summed E-state index contributed by atoms with van der Waals surface area (Å²) in [7, 11) is 0. The number of amides is 2. The molecule has 2 aromatic rings. The van der Waals surface area contributed by atoms with Gasteiger partial charge in [0.25, 0.3) is 0 Å². The standard InChI is InChI=1S/C11H15N7O3/c1-6-9(7(2)15-14-6)13-11(21)12-3-4-18-5-8(10(19)20)16-17-18/h5H,3-4H2,1-2H3,(H,14,15)(H,19,20)(H2,12,13,21). The first kappa shape index (κ1) is 14.5. The van der Waals surface area contributed by atoms with Gasteiger partial charge < -0.3 is 15.7 Å². The average Bonchev–Trinajstić information content (AvgIpc) is 3.01. The van der Waals surface area contributed by atoms with Gasteiger partial charge in [0, 0.05) is 6.54 Å². The molecule has 4 N–H and O–H groups in total. The smallest absolute Gasteiger partial charge is 0.358 e. The van der Waals surface area contributed by atoms with Crippen molar-refractivity contribution in [3.05, 3.63) is 23.3 Å². The molecular formula is C11H15N7O3. The molecule has 10 heteroatoms. The molecule has 2 rings (SSSR count). The zero-order chi connectivity index (χ0) is 15.4. The number of aryl methyl sites for hydroxylation is 2. The van der Waals surface area contributed by atoms with Gasteiger partial charge in [-0.3, -0.25) is 5.10 Å². The Labute approximate surface area is 119 Å². The van der Waals surface area contributed by atoms with E-state index in [-0.39, 0.29) is 18.3 Å². The second-order valence-electron chi connectivity index (χ2n) is 4.36. The molecule has 0 atom stereocenters. The maximum atomic E-state index is 11.7. The van der Waals surface area contributed by atoms with Gasteiger partial charge in [0.05, 0.1) is 29.8 Å². The number of carboxylic acids is 1. The lowest BCUT2D eigenvalue weighted by molar-refractivity contribution is 0.0690. The van der Waals surface area contributed by atoms with Crippen LogP contribution in [0.3, 0.4) is 0 Å². The molecule has 0 saturated carbocycles. The molecule has 0 radical (unpaired) electrons. The van der Waals surface area contributed by atoms with Gasteiger partial charge in [0.15, 0.2) is 5.69 Å². The van der Waals surface area contributed by atoms with Crippen molar-refractivity contribution in [2.45, 2.75) is 20.4 Å². The maximum Gasteiger partial charge on any atom is 0.358 e. The van der Waals surface area contributed by atoms with E-state index in [1.165, 1.54) is 10.9 Å². The van der Waals surface area contributed by atoms with Crippen LogP contribution in [-0.2, 0) is 6.54 Å². The molecule has 0 unspecified atom stereocenters. The summed E-state index contributed by atoms with van der Waals surface area (Å²) in [5.41, 5.74) is 1.97. The normalized spacial score (nSPS) is 10.4. The Morgan fingerprint density at radius 3 is 2.76 bits per heavy atom. The Bertz CT molecular complexity index is 641. The molecule has 0 aliphatic rings. The summed E-state index contributed by atoms with van der Waals surface area (Å²) in [5.74, 6) is -1.14. The van der Waals surface area contributed by atoms with Gasteiger partial charge in [-0.1, -0.05) is 5.21 Å². The van der Waals surface area contributed by atoms with Crippen molar-refractivity contribution in [3.63, 3.8) is 0 Å². The summed E-state index contributed by atoms with van der Waals surface area (Å²) >= 11 is 0. The van der Waals surface area contributed by atoms with Crippen molar-refractivity contribution in [2.75, 3.05) is 11.9 Å². The van der Waals surface area contributed by atoms with Crippen molar-refractivity contribution in [3.8, 4) is 0 Å². The second kappa shape index (κ2) is 6.03. The number of carboxylic acid groups (broad SMARTS) is 1. The molecule has 2 aromatic heterocycles. The lowest BCUT2D eigenvalue weighted by Gasteiger charge is -2.07. The minimum atomic E-state index is -1.14. The highest BCUT2D eigenvalue weighted by Gasteiger charge is 2.10. The molecule has 0 fully saturated rings. The minimum absolute atomic E-state index is 0.135. The van der Waals surface area contributed by atoms with Gasteiger partial charge in [0.1, 0.15) is 0 Å². The van der Waals surface area contributed by atoms with Gasteiger partial charge in [-0.25, -0.2) is 14.3 Å².